The molecule has 1 fully saturated rings. The molecule has 11 heavy (non-hydrogen) atoms. The minimum Gasteiger partial charge on any atom is -0.313 e. The summed E-state index contributed by atoms with van der Waals surface area (Å²) < 4.78 is 0. The van der Waals surface area contributed by atoms with Crippen LogP contribution in [0, 0.1) is 11.3 Å². The van der Waals surface area contributed by atoms with Gasteiger partial charge in [-0.2, -0.15) is 10.3 Å². The molecular formula is C8H14N2O. The summed E-state index contributed by atoms with van der Waals surface area (Å²) in [5.74, 6) is 0. The van der Waals surface area contributed by atoms with Gasteiger partial charge in [0.25, 0.3) is 0 Å². The fourth-order valence-corrected chi connectivity index (χ4v) is 1.54. The molecule has 1 aliphatic heterocycles. The zero-order valence-electron chi connectivity index (χ0n) is 7.04. The van der Waals surface area contributed by atoms with Crippen LogP contribution in [0.1, 0.15) is 33.1 Å². The van der Waals surface area contributed by atoms with Crippen LogP contribution in [0.3, 0.4) is 0 Å². The van der Waals surface area contributed by atoms with Crippen LogP contribution < -0.4 is 0 Å². The molecule has 1 saturated heterocycles. The van der Waals surface area contributed by atoms with Crippen LogP contribution in [-0.4, -0.2) is 21.9 Å². The van der Waals surface area contributed by atoms with Crippen LogP contribution in [0.5, 0.6) is 0 Å². The smallest absolute Gasteiger partial charge is 0.0639 e. The van der Waals surface area contributed by atoms with Gasteiger partial charge in [0.2, 0.25) is 0 Å². The molecule has 1 N–H and O–H groups in total. The molecule has 1 unspecified atom stereocenters. The maximum absolute atomic E-state index is 9.53. The maximum Gasteiger partial charge on any atom is 0.0639 e. The minimum atomic E-state index is -0.137. The number of nitrogens with zero attached hydrogens (tertiary/aromatic N) is 2. The lowest BCUT2D eigenvalue weighted by Gasteiger charge is -2.28. The Kier molecular flexibility index (Phi) is 2.17. The molecule has 3 heteroatoms. The van der Waals surface area contributed by atoms with Crippen molar-refractivity contribution in [3.8, 4) is 6.07 Å². The predicted molar refractivity (Wildman–Crippen MR) is 41.0 cm³/mol. The maximum atomic E-state index is 9.53. The van der Waals surface area contributed by atoms with E-state index >= 15 is 0 Å². The van der Waals surface area contributed by atoms with E-state index in [0.717, 1.165) is 12.8 Å². The SMILES string of the molecule is CC1(C)CCC(CC#N)N1O. The highest BCUT2D eigenvalue weighted by molar-refractivity contribution is 4.93. The Morgan fingerprint density at radius 2 is 2.36 bits per heavy atom. The molecule has 0 bridgehead atoms. The highest BCUT2D eigenvalue weighted by Gasteiger charge is 2.38. The van der Waals surface area contributed by atoms with Gasteiger partial charge < -0.3 is 5.21 Å². The summed E-state index contributed by atoms with van der Waals surface area (Å²) in [7, 11) is 0. The largest absolute Gasteiger partial charge is 0.313 e. The average Bonchev–Trinajstić information content (AvgIpc) is 2.17. The van der Waals surface area contributed by atoms with E-state index in [1.54, 1.807) is 0 Å². The second-order valence-corrected chi connectivity index (χ2v) is 3.71. The van der Waals surface area contributed by atoms with Crippen LogP contribution in [0.25, 0.3) is 0 Å². The zero-order chi connectivity index (χ0) is 8.48. The second-order valence-electron chi connectivity index (χ2n) is 3.71. The van der Waals surface area contributed by atoms with Gasteiger partial charge in [0.05, 0.1) is 12.5 Å². The monoisotopic (exact) mass is 154 g/mol. The first kappa shape index (κ1) is 8.51. The lowest BCUT2D eigenvalue weighted by atomic mass is 10.0. The van der Waals surface area contributed by atoms with Gasteiger partial charge in [-0.1, -0.05) is 0 Å². The first-order chi connectivity index (χ1) is 5.08. The number of hydrogen-bond donors (Lipinski definition) is 1. The van der Waals surface area contributed by atoms with Gasteiger partial charge in [-0.25, -0.2) is 0 Å². The molecule has 1 rings (SSSR count). The first-order valence-corrected chi connectivity index (χ1v) is 3.93. The van der Waals surface area contributed by atoms with Gasteiger partial charge in [0.15, 0.2) is 0 Å². The fraction of sp³-hybridized carbons (Fsp3) is 0.875. The summed E-state index contributed by atoms with van der Waals surface area (Å²) in [4.78, 5) is 0. The van der Waals surface area contributed by atoms with Gasteiger partial charge in [-0.05, 0) is 26.7 Å². The molecular weight excluding hydrogens is 140 g/mol. The molecule has 0 amide bonds. The molecule has 1 atom stereocenters. The van der Waals surface area contributed by atoms with Crippen LogP contribution in [0.2, 0.25) is 0 Å². The molecule has 1 aliphatic rings. The van der Waals surface area contributed by atoms with Crippen molar-refractivity contribution in [2.75, 3.05) is 0 Å². The van der Waals surface area contributed by atoms with E-state index in [2.05, 4.69) is 6.07 Å². The zero-order valence-corrected chi connectivity index (χ0v) is 7.04. The van der Waals surface area contributed by atoms with Crippen molar-refractivity contribution < 1.29 is 5.21 Å². The average molecular weight is 154 g/mol. The molecule has 0 aromatic rings. The van der Waals surface area contributed by atoms with Crippen molar-refractivity contribution in [1.82, 2.24) is 5.06 Å². The number of hydroxylamine groups is 2. The molecule has 0 aromatic carbocycles. The Bertz CT molecular complexity index is 183. The summed E-state index contributed by atoms with van der Waals surface area (Å²) in [5, 5.41) is 19.3. The molecule has 62 valence electrons. The van der Waals surface area contributed by atoms with Crippen molar-refractivity contribution in [2.45, 2.75) is 44.7 Å². The highest BCUT2D eigenvalue weighted by atomic mass is 16.5. The van der Waals surface area contributed by atoms with E-state index in [4.69, 9.17) is 5.26 Å². The third-order valence-electron chi connectivity index (χ3n) is 2.38. The number of rotatable bonds is 1. The summed E-state index contributed by atoms with van der Waals surface area (Å²) >= 11 is 0. The quantitative estimate of drug-likeness (QED) is 0.623. The van der Waals surface area contributed by atoms with Gasteiger partial charge >= 0.3 is 0 Å². The molecule has 3 nitrogen and oxygen atoms in total. The van der Waals surface area contributed by atoms with Crippen molar-refractivity contribution in [3.05, 3.63) is 0 Å². The molecule has 0 spiro atoms. The van der Waals surface area contributed by atoms with E-state index in [1.807, 2.05) is 13.8 Å². The van der Waals surface area contributed by atoms with Crippen molar-refractivity contribution >= 4 is 0 Å². The summed E-state index contributed by atoms with van der Waals surface area (Å²) in [6.45, 7) is 3.98. The van der Waals surface area contributed by atoms with Crippen molar-refractivity contribution in [3.63, 3.8) is 0 Å². The van der Waals surface area contributed by atoms with Crippen molar-refractivity contribution in [2.24, 2.45) is 0 Å². The molecule has 0 saturated carbocycles. The van der Waals surface area contributed by atoms with Crippen LogP contribution in [0.15, 0.2) is 0 Å². The Morgan fingerprint density at radius 1 is 1.73 bits per heavy atom. The summed E-state index contributed by atoms with van der Waals surface area (Å²) in [5.41, 5.74) is -0.137. The van der Waals surface area contributed by atoms with E-state index in [0.29, 0.717) is 6.42 Å². The normalized spacial score (nSPS) is 30.2. The van der Waals surface area contributed by atoms with Crippen molar-refractivity contribution in [1.29, 1.82) is 5.26 Å². The molecule has 0 aliphatic carbocycles. The van der Waals surface area contributed by atoms with Crippen LogP contribution in [-0.2, 0) is 0 Å². The van der Waals surface area contributed by atoms with Crippen LogP contribution >= 0.6 is 0 Å². The topological polar surface area (TPSA) is 47.3 Å². The van der Waals surface area contributed by atoms with Gasteiger partial charge in [0.1, 0.15) is 0 Å². The third kappa shape index (κ3) is 1.52. The van der Waals surface area contributed by atoms with Gasteiger partial charge in [-0.15, -0.1) is 0 Å². The molecule has 0 radical (unpaired) electrons. The number of nitriles is 1. The Morgan fingerprint density at radius 3 is 2.73 bits per heavy atom. The second kappa shape index (κ2) is 2.80. The minimum absolute atomic E-state index is 0.0509. The predicted octanol–water partition coefficient (Wildman–Crippen LogP) is 1.53. The first-order valence-electron chi connectivity index (χ1n) is 3.93. The Balaban J connectivity index is 2.57. The van der Waals surface area contributed by atoms with Gasteiger partial charge in [-0.3, -0.25) is 0 Å². The summed E-state index contributed by atoms with van der Waals surface area (Å²) in [6.07, 6.45) is 2.33. The van der Waals surface area contributed by atoms with E-state index in [-0.39, 0.29) is 11.6 Å². The molecule has 1 heterocycles. The van der Waals surface area contributed by atoms with E-state index in [1.165, 1.54) is 5.06 Å². The van der Waals surface area contributed by atoms with E-state index < -0.39 is 0 Å². The standard InChI is InChI=1S/C8H14N2O/c1-8(2)5-3-7(4-6-9)10(8)11/h7,11H,3-5H2,1-2H3. The van der Waals surface area contributed by atoms with Crippen LogP contribution in [0.4, 0.5) is 0 Å². The third-order valence-corrected chi connectivity index (χ3v) is 2.38. The lowest BCUT2D eigenvalue weighted by molar-refractivity contribution is -0.162. The van der Waals surface area contributed by atoms with Gasteiger partial charge in [0, 0.05) is 11.6 Å². The fourth-order valence-electron chi connectivity index (χ4n) is 1.54. The highest BCUT2D eigenvalue weighted by Crippen LogP contribution is 2.32. The summed E-state index contributed by atoms with van der Waals surface area (Å²) in [6, 6.07) is 2.13. The Hall–Kier alpha value is -0.590. The molecule has 0 aromatic heterocycles. The number of hydrogen-bond acceptors (Lipinski definition) is 3. The lowest BCUT2D eigenvalue weighted by Crippen LogP contribution is -2.39. The Labute approximate surface area is 67.2 Å². The van der Waals surface area contributed by atoms with E-state index in [9.17, 15) is 5.21 Å².